The van der Waals surface area contributed by atoms with Gasteiger partial charge in [0.15, 0.2) is 11.6 Å². The summed E-state index contributed by atoms with van der Waals surface area (Å²) in [5.41, 5.74) is 2.56. The molecule has 2 heteroatoms. The first-order valence-electron chi connectivity index (χ1n) is 10.3. The molecule has 0 aliphatic heterocycles. The highest BCUT2D eigenvalue weighted by molar-refractivity contribution is 5.67. The minimum absolute atomic E-state index is 0.198. The molecule has 144 valence electrons. The van der Waals surface area contributed by atoms with Crippen molar-refractivity contribution in [1.82, 2.24) is 0 Å². The van der Waals surface area contributed by atoms with Gasteiger partial charge in [0.25, 0.3) is 0 Å². The van der Waals surface area contributed by atoms with Gasteiger partial charge in [0.05, 0.1) is 0 Å². The molecule has 2 aromatic carbocycles. The van der Waals surface area contributed by atoms with Crippen LogP contribution in [0, 0.1) is 17.6 Å². The Hall–Kier alpha value is -1.96. The molecule has 3 rings (SSSR count). The van der Waals surface area contributed by atoms with E-state index in [1.807, 2.05) is 12.1 Å². The Balaban J connectivity index is 1.65. The number of benzene rings is 2. The third-order valence-electron chi connectivity index (χ3n) is 6.09. The first-order valence-corrected chi connectivity index (χ1v) is 10.3. The Morgan fingerprint density at radius 3 is 2.26 bits per heavy atom. The van der Waals surface area contributed by atoms with Crippen LogP contribution in [0.2, 0.25) is 0 Å². The first kappa shape index (κ1) is 19.8. The van der Waals surface area contributed by atoms with Crippen LogP contribution in [-0.4, -0.2) is 0 Å². The number of rotatable bonds is 7. The van der Waals surface area contributed by atoms with E-state index in [-0.39, 0.29) is 5.56 Å². The number of unbranched alkanes of at least 4 members (excludes halogenated alkanes) is 2. The summed E-state index contributed by atoms with van der Waals surface area (Å²) in [6, 6.07) is 11.2. The molecular formula is C25H30F2. The Morgan fingerprint density at radius 2 is 1.63 bits per heavy atom. The Morgan fingerprint density at radius 1 is 0.926 bits per heavy atom. The molecule has 27 heavy (non-hydrogen) atoms. The Kier molecular flexibility index (Phi) is 6.82. The van der Waals surface area contributed by atoms with Crippen molar-refractivity contribution in [3.05, 3.63) is 65.7 Å². The SMILES string of the molecule is C=Cc1ccc(-c2ccc(C3CCC(CCCCC)CC3)cc2)c(F)c1F. The normalized spacial score (nSPS) is 19.8. The van der Waals surface area contributed by atoms with E-state index >= 15 is 0 Å². The molecule has 0 radical (unpaired) electrons. The average Bonchev–Trinajstić information content (AvgIpc) is 2.71. The predicted octanol–water partition coefficient (Wildman–Crippen LogP) is 8.13. The van der Waals surface area contributed by atoms with Gasteiger partial charge in [-0.05, 0) is 48.6 Å². The molecular weight excluding hydrogens is 338 g/mol. The summed E-state index contributed by atoms with van der Waals surface area (Å²) < 4.78 is 28.4. The van der Waals surface area contributed by atoms with Crippen LogP contribution < -0.4 is 0 Å². The van der Waals surface area contributed by atoms with Gasteiger partial charge in [-0.3, -0.25) is 0 Å². The second-order valence-electron chi connectivity index (χ2n) is 7.87. The lowest BCUT2D eigenvalue weighted by molar-refractivity contribution is 0.303. The smallest absolute Gasteiger partial charge is 0.167 e. The number of hydrogen-bond donors (Lipinski definition) is 0. The van der Waals surface area contributed by atoms with Crippen molar-refractivity contribution in [2.24, 2.45) is 5.92 Å². The topological polar surface area (TPSA) is 0 Å². The van der Waals surface area contributed by atoms with Crippen LogP contribution in [0.3, 0.4) is 0 Å². The standard InChI is InChI=1S/C25H30F2/c1-3-5-6-7-18-8-10-20(11-9-18)21-12-14-22(15-13-21)23-17-16-19(4-2)24(26)25(23)27/h4,12-18,20H,2-3,5-11H2,1H3. The zero-order valence-corrected chi connectivity index (χ0v) is 16.3. The number of halogens is 2. The summed E-state index contributed by atoms with van der Waals surface area (Å²) in [6.07, 6.45) is 11.9. The summed E-state index contributed by atoms with van der Waals surface area (Å²) in [4.78, 5) is 0. The van der Waals surface area contributed by atoms with Crippen LogP contribution >= 0.6 is 0 Å². The maximum atomic E-state index is 14.3. The minimum Gasteiger partial charge on any atom is -0.203 e. The van der Waals surface area contributed by atoms with E-state index in [1.54, 1.807) is 12.1 Å². The zero-order chi connectivity index (χ0) is 19.2. The van der Waals surface area contributed by atoms with Crippen LogP contribution in [0.15, 0.2) is 43.0 Å². The quantitative estimate of drug-likeness (QED) is 0.433. The van der Waals surface area contributed by atoms with E-state index in [9.17, 15) is 8.78 Å². The lowest BCUT2D eigenvalue weighted by Gasteiger charge is -2.29. The maximum Gasteiger partial charge on any atom is 0.167 e. The molecule has 0 atom stereocenters. The minimum atomic E-state index is -0.826. The van der Waals surface area contributed by atoms with Crippen molar-refractivity contribution >= 4 is 6.08 Å². The van der Waals surface area contributed by atoms with Gasteiger partial charge >= 0.3 is 0 Å². The van der Waals surface area contributed by atoms with Crippen LogP contribution in [-0.2, 0) is 0 Å². The summed E-state index contributed by atoms with van der Waals surface area (Å²) in [5, 5.41) is 0. The van der Waals surface area contributed by atoms with Crippen molar-refractivity contribution in [3.8, 4) is 11.1 Å². The molecule has 1 aliphatic rings. The third-order valence-corrected chi connectivity index (χ3v) is 6.09. The van der Waals surface area contributed by atoms with Gasteiger partial charge in [0, 0.05) is 11.1 Å². The fourth-order valence-corrected chi connectivity index (χ4v) is 4.35. The molecule has 0 bridgehead atoms. The highest BCUT2D eigenvalue weighted by atomic mass is 19.2. The molecule has 1 fully saturated rings. The second kappa shape index (κ2) is 9.30. The molecule has 0 aromatic heterocycles. The fraction of sp³-hybridized carbons (Fsp3) is 0.440. The summed E-state index contributed by atoms with van der Waals surface area (Å²) >= 11 is 0. The van der Waals surface area contributed by atoms with E-state index in [0.717, 1.165) is 11.5 Å². The highest BCUT2D eigenvalue weighted by Crippen LogP contribution is 2.38. The molecule has 0 saturated heterocycles. The molecule has 1 saturated carbocycles. The maximum absolute atomic E-state index is 14.3. The molecule has 0 nitrogen and oxygen atoms in total. The fourth-order valence-electron chi connectivity index (χ4n) is 4.35. The summed E-state index contributed by atoms with van der Waals surface area (Å²) in [6.45, 7) is 5.78. The highest BCUT2D eigenvalue weighted by Gasteiger charge is 2.22. The monoisotopic (exact) mass is 368 g/mol. The lowest BCUT2D eigenvalue weighted by Crippen LogP contribution is -2.13. The summed E-state index contributed by atoms with van der Waals surface area (Å²) in [7, 11) is 0. The van der Waals surface area contributed by atoms with Gasteiger partial charge in [-0.15, -0.1) is 0 Å². The first-order chi connectivity index (χ1) is 13.1. The van der Waals surface area contributed by atoms with Gasteiger partial charge in [-0.1, -0.05) is 81.7 Å². The number of hydrogen-bond acceptors (Lipinski definition) is 0. The summed E-state index contributed by atoms with van der Waals surface area (Å²) in [5.74, 6) is -0.126. The second-order valence-corrected chi connectivity index (χ2v) is 7.87. The van der Waals surface area contributed by atoms with Crippen molar-refractivity contribution in [2.45, 2.75) is 64.2 Å². The molecule has 2 aromatic rings. The molecule has 0 unspecified atom stereocenters. The molecule has 0 heterocycles. The van der Waals surface area contributed by atoms with Gasteiger partial charge in [-0.25, -0.2) is 8.78 Å². The van der Waals surface area contributed by atoms with E-state index in [0.29, 0.717) is 11.5 Å². The van der Waals surface area contributed by atoms with Crippen LogP contribution in [0.25, 0.3) is 17.2 Å². The van der Waals surface area contributed by atoms with E-state index in [4.69, 9.17) is 0 Å². The molecule has 0 N–H and O–H groups in total. The van der Waals surface area contributed by atoms with Crippen molar-refractivity contribution in [2.75, 3.05) is 0 Å². The zero-order valence-electron chi connectivity index (χ0n) is 16.3. The van der Waals surface area contributed by atoms with Crippen molar-refractivity contribution in [3.63, 3.8) is 0 Å². The van der Waals surface area contributed by atoms with Crippen LogP contribution in [0.1, 0.15) is 75.3 Å². The Bertz CT molecular complexity index is 753. The largest absolute Gasteiger partial charge is 0.203 e. The van der Waals surface area contributed by atoms with Gasteiger partial charge < -0.3 is 0 Å². The van der Waals surface area contributed by atoms with Crippen LogP contribution in [0.5, 0.6) is 0 Å². The van der Waals surface area contributed by atoms with Gasteiger partial charge in [0.1, 0.15) is 0 Å². The Labute approximate surface area is 162 Å². The van der Waals surface area contributed by atoms with Gasteiger partial charge in [-0.2, -0.15) is 0 Å². The molecule has 0 amide bonds. The third kappa shape index (κ3) is 4.66. The van der Waals surface area contributed by atoms with E-state index in [2.05, 4.69) is 25.6 Å². The van der Waals surface area contributed by atoms with E-state index in [1.165, 1.54) is 63.0 Å². The predicted molar refractivity (Wildman–Crippen MR) is 111 cm³/mol. The van der Waals surface area contributed by atoms with E-state index < -0.39 is 11.6 Å². The van der Waals surface area contributed by atoms with Crippen molar-refractivity contribution in [1.29, 1.82) is 0 Å². The lowest BCUT2D eigenvalue weighted by atomic mass is 9.77. The van der Waals surface area contributed by atoms with Crippen molar-refractivity contribution < 1.29 is 8.78 Å². The molecule has 1 aliphatic carbocycles. The van der Waals surface area contributed by atoms with Crippen LogP contribution in [0.4, 0.5) is 8.78 Å². The average molecular weight is 369 g/mol. The molecule has 0 spiro atoms. The van der Waals surface area contributed by atoms with Gasteiger partial charge in [0.2, 0.25) is 0 Å².